The standard InChI is InChI=1S/C11H24N2O3S/c1-11-10-12(7-9-17(3,14)15)4-5-13(11)6-8-16-2/h11H,4-10H2,1-3H3. The molecule has 1 fully saturated rings. The zero-order valence-electron chi connectivity index (χ0n) is 11.1. The van der Waals surface area contributed by atoms with E-state index in [0.29, 0.717) is 12.6 Å². The molecule has 0 aromatic heterocycles. The first-order chi connectivity index (χ1) is 7.92. The van der Waals surface area contributed by atoms with E-state index < -0.39 is 9.84 Å². The molecular formula is C11H24N2O3S. The lowest BCUT2D eigenvalue weighted by Crippen LogP contribution is -2.53. The Hall–Kier alpha value is -0.170. The second kappa shape index (κ2) is 6.68. The van der Waals surface area contributed by atoms with E-state index in [-0.39, 0.29) is 5.75 Å². The Morgan fingerprint density at radius 3 is 2.53 bits per heavy atom. The summed E-state index contributed by atoms with van der Waals surface area (Å²) in [5, 5.41) is 0. The molecule has 0 spiro atoms. The summed E-state index contributed by atoms with van der Waals surface area (Å²) < 4.78 is 27.3. The topological polar surface area (TPSA) is 49.9 Å². The van der Waals surface area contributed by atoms with Gasteiger partial charge in [-0.05, 0) is 6.92 Å². The average Bonchev–Trinajstić information content (AvgIpc) is 2.24. The largest absolute Gasteiger partial charge is 0.383 e. The molecule has 0 amide bonds. The quantitative estimate of drug-likeness (QED) is 0.658. The second-order valence-electron chi connectivity index (χ2n) is 4.81. The van der Waals surface area contributed by atoms with Crippen LogP contribution < -0.4 is 0 Å². The molecule has 1 heterocycles. The molecule has 0 N–H and O–H groups in total. The summed E-state index contributed by atoms with van der Waals surface area (Å²) in [5.41, 5.74) is 0. The van der Waals surface area contributed by atoms with E-state index in [0.717, 1.165) is 32.8 Å². The molecule has 0 saturated carbocycles. The van der Waals surface area contributed by atoms with Crippen molar-refractivity contribution in [2.75, 3.05) is 58.4 Å². The number of hydrogen-bond acceptors (Lipinski definition) is 5. The zero-order valence-corrected chi connectivity index (χ0v) is 11.9. The highest BCUT2D eigenvalue weighted by Gasteiger charge is 2.23. The SMILES string of the molecule is COCCN1CCN(CCS(C)(=O)=O)CC1C. The Bertz CT molecular complexity index is 319. The Morgan fingerprint density at radius 1 is 1.29 bits per heavy atom. The summed E-state index contributed by atoms with van der Waals surface area (Å²) in [6.45, 7) is 7.44. The number of sulfone groups is 1. The first-order valence-corrected chi connectivity index (χ1v) is 8.11. The van der Waals surface area contributed by atoms with Crippen LogP contribution in [0.2, 0.25) is 0 Å². The molecule has 5 nitrogen and oxygen atoms in total. The lowest BCUT2D eigenvalue weighted by Gasteiger charge is -2.39. The molecule has 1 atom stereocenters. The molecule has 0 radical (unpaired) electrons. The lowest BCUT2D eigenvalue weighted by atomic mass is 10.2. The zero-order chi connectivity index (χ0) is 12.9. The van der Waals surface area contributed by atoms with Gasteiger partial charge < -0.3 is 4.74 Å². The van der Waals surface area contributed by atoms with E-state index in [1.54, 1.807) is 7.11 Å². The van der Waals surface area contributed by atoms with Crippen LogP contribution in [0.25, 0.3) is 0 Å². The van der Waals surface area contributed by atoms with Gasteiger partial charge >= 0.3 is 0 Å². The lowest BCUT2D eigenvalue weighted by molar-refractivity contribution is 0.0617. The molecule has 17 heavy (non-hydrogen) atoms. The maximum absolute atomic E-state index is 11.1. The van der Waals surface area contributed by atoms with Crippen LogP contribution in [0.1, 0.15) is 6.92 Å². The van der Waals surface area contributed by atoms with Gasteiger partial charge in [-0.25, -0.2) is 8.42 Å². The Balaban J connectivity index is 2.31. The van der Waals surface area contributed by atoms with Gasteiger partial charge in [0, 0.05) is 52.1 Å². The van der Waals surface area contributed by atoms with Gasteiger partial charge in [-0.1, -0.05) is 0 Å². The fourth-order valence-electron chi connectivity index (χ4n) is 2.11. The predicted octanol–water partition coefficient (Wildman–Crippen LogP) is -0.316. The maximum Gasteiger partial charge on any atom is 0.148 e. The third-order valence-electron chi connectivity index (χ3n) is 3.21. The maximum atomic E-state index is 11.1. The molecule has 0 aromatic carbocycles. The van der Waals surface area contributed by atoms with Crippen LogP contribution in [-0.2, 0) is 14.6 Å². The van der Waals surface area contributed by atoms with E-state index in [1.165, 1.54) is 6.26 Å². The predicted molar refractivity (Wildman–Crippen MR) is 69.1 cm³/mol. The third kappa shape index (κ3) is 5.81. The molecule has 0 aromatic rings. The van der Waals surface area contributed by atoms with Crippen molar-refractivity contribution in [1.29, 1.82) is 0 Å². The first-order valence-electron chi connectivity index (χ1n) is 6.05. The van der Waals surface area contributed by atoms with Gasteiger partial charge in [0.2, 0.25) is 0 Å². The molecule has 102 valence electrons. The van der Waals surface area contributed by atoms with E-state index in [1.807, 2.05) is 0 Å². The van der Waals surface area contributed by atoms with Crippen molar-refractivity contribution in [1.82, 2.24) is 9.80 Å². The average molecular weight is 264 g/mol. The number of nitrogens with zero attached hydrogens (tertiary/aromatic N) is 2. The van der Waals surface area contributed by atoms with Crippen molar-refractivity contribution in [2.45, 2.75) is 13.0 Å². The molecule has 1 aliphatic rings. The second-order valence-corrected chi connectivity index (χ2v) is 7.07. The summed E-state index contributed by atoms with van der Waals surface area (Å²) in [7, 11) is -1.13. The number of ether oxygens (including phenoxy) is 1. The highest BCUT2D eigenvalue weighted by atomic mass is 32.2. The van der Waals surface area contributed by atoms with Gasteiger partial charge in [-0.2, -0.15) is 0 Å². The molecule has 6 heteroatoms. The summed E-state index contributed by atoms with van der Waals surface area (Å²) in [5.74, 6) is 0.262. The van der Waals surface area contributed by atoms with Crippen molar-refractivity contribution in [3.63, 3.8) is 0 Å². The van der Waals surface area contributed by atoms with Gasteiger partial charge in [-0.3, -0.25) is 9.80 Å². The smallest absolute Gasteiger partial charge is 0.148 e. The van der Waals surface area contributed by atoms with Gasteiger partial charge in [-0.15, -0.1) is 0 Å². The Kier molecular flexibility index (Phi) is 5.85. The molecule has 1 saturated heterocycles. The van der Waals surface area contributed by atoms with Crippen molar-refractivity contribution >= 4 is 9.84 Å². The van der Waals surface area contributed by atoms with Crippen molar-refractivity contribution < 1.29 is 13.2 Å². The number of piperazine rings is 1. The van der Waals surface area contributed by atoms with Crippen LogP contribution in [-0.4, -0.2) is 82.7 Å². The van der Waals surface area contributed by atoms with Gasteiger partial charge in [0.1, 0.15) is 9.84 Å². The summed E-state index contributed by atoms with van der Waals surface area (Å²) in [6, 6.07) is 0.471. The van der Waals surface area contributed by atoms with Gasteiger partial charge in [0.05, 0.1) is 12.4 Å². The van der Waals surface area contributed by atoms with Crippen LogP contribution in [0.3, 0.4) is 0 Å². The monoisotopic (exact) mass is 264 g/mol. The van der Waals surface area contributed by atoms with Crippen LogP contribution >= 0.6 is 0 Å². The van der Waals surface area contributed by atoms with Crippen molar-refractivity contribution in [3.8, 4) is 0 Å². The van der Waals surface area contributed by atoms with E-state index in [2.05, 4.69) is 16.7 Å². The van der Waals surface area contributed by atoms with Crippen molar-refractivity contribution in [2.24, 2.45) is 0 Å². The fraction of sp³-hybridized carbons (Fsp3) is 1.00. The van der Waals surface area contributed by atoms with Gasteiger partial charge in [0.25, 0.3) is 0 Å². The van der Waals surface area contributed by atoms with Crippen molar-refractivity contribution in [3.05, 3.63) is 0 Å². The summed E-state index contributed by atoms with van der Waals surface area (Å²) in [6.07, 6.45) is 1.30. The Morgan fingerprint density at radius 2 is 2.00 bits per heavy atom. The Labute approximate surface area is 105 Å². The highest BCUT2D eigenvalue weighted by Crippen LogP contribution is 2.09. The number of rotatable bonds is 6. The van der Waals surface area contributed by atoms with E-state index in [9.17, 15) is 8.42 Å². The molecule has 1 unspecified atom stereocenters. The summed E-state index contributed by atoms with van der Waals surface area (Å²) in [4.78, 5) is 4.62. The van der Waals surface area contributed by atoms with Gasteiger partial charge in [0.15, 0.2) is 0 Å². The normalized spacial score (nSPS) is 24.1. The van der Waals surface area contributed by atoms with Crippen LogP contribution in [0.5, 0.6) is 0 Å². The number of hydrogen-bond donors (Lipinski definition) is 0. The molecule has 1 aliphatic heterocycles. The molecule has 0 aliphatic carbocycles. The van der Waals surface area contributed by atoms with Crippen LogP contribution in [0.4, 0.5) is 0 Å². The summed E-state index contributed by atoms with van der Waals surface area (Å²) >= 11 is 0. The van der Waals surface area contributed by atoms with Crippen LogP contribution in [0.15, 0.2) is 0 Å². The van der Waals surface area contributed by atoms with E-state index in [4.69, 9.17) is 4.74 Å². The fourth-order valence-corrected chi connectivity index (χ4v) is 2.70. The molecule has 0 bridgehead atoms. The minimum absolute atomic E-state index is 0.262. The van der Waals surface area contributed by atoms with Crippen LogP contribution in [0, 0.1) is 0 Å². The highest BCUT2D eigenvalue weighted by molar-refractivity contribution is 7.90. The minimum Gasteiger partial charge on any atom is -0.383 e. The third-order valence-corrected chi connectivity index (χ3v) is 4.13. The molecular weight excluding hydrogens is 240 g/mol. The number of methoxy groups -OCH3 is 1. The molecule has 1 rings (SSSR count). The minimum atomic E-state index is -2.84. The van der Waals surface area contributed by atoms with E-state index >= 15 is 0 Å². The first kappa shape index (κ1) is 14.9.